The van der Waals surface area contributed by atoms with Crippen molar-refractivity contribution in [3.05, 3.63) is 34.9 Å². The maximum atomic E-state index is 12.1. The monoisotopic (exact) mass is 308 g/mol. The summed E-state index contributed by atoms with van der Waals surface area (Å²) in [6, 6.07) is 7.04. The van der Waals surface area contributed by atoms with Crippen molar-refractivity contribution in [3.8, 4) is 0 Å². The van der Waals surface area contributed by atoms with Crippen molar-refractivity contribution < 1.29 is 9.59 Å². The van der Waals surface area contributed by atoms with E-state index in [0.29, 0.717) is 23.7 Å². The molecule has 0 aliphatic carbocycles. The molecule has 114 valence electrons. The maximum Gasteiger partial charge on any atom is 0.251 e. The van der Waals surface area contributed by atoms with E-state index >= 15 is 0 Å². The molecule has 1 saturated heterocycles. The second-order valence-corrected chi connectivity index (χ2v) is 6.17. The summed E-state index contributed by atoms with van der Waals surface area (Å²) in [7, 11) is 0. The second-order valence-electron chi connectivity index (χ2n) is 5.74. The van der Waals surface area contributed by atoms with Gasteiger partial charge in [-0.25, -0.2) is 0 Å². The Balaban J connectivity index is 1.86. The molecule has 0 saturated carbocycles. The van der Waals surface area contributed by atoms with Gasteiger partial charge >= 0.3 is 0 Å². The molecular formula is C16H21ClN2O2. The first-order valence-corrected chi connectivity index (χ1v) is 7.70. The number of hydrogen-bond donors (Lipinski definition) is 1. The molecule has 1 aromatic rings. The molecule has 1 aromatic carbocycles. The Morgan fingerprint density at radius 3 is 2.52 bits per heavy atom. The molecule has 2 rings (SSSR count). The van der Waals surface area contributed by atoms with Crippen molar-refractivity contribution in [2.24, 2.45) is 5.92 Å². The highest BCUT2D eigenvalue weighted by Gasteiger charge is 2.25. The fourth-order valence-corrected chi connectivity index (χ4v) is 2.70. The zero-order valence-corrected chi connectivity index (χ0v) is 13.2. The number of nitrogens with one attached hydrogen (secondary N) is 1. The average Bonchev–Trinajstić information content (AvgIpc) is 2.47. The molecule has 0 aromatic heterocycles. The summed E-state index contributed by atoms with van der Waals surface area (Å²) in [6.45, 7) is 5.24. The smallest absolute Gasteiger partial charge is 0.251 e. The maximum absolute atomic E-state index is 12.1. The lowest BCUT2D eigenvalue weighted by atomic mass is 10.0. The first-order valence-electron chi connectivity index (χ1n) is 7.32. The summed E-state index contributed by atoms with van der Waals surface area (Å²) in [4.78, 5) is 25.9. The van der Waals surface area contributed by atoms with Gasteiger partial charge in [0, 0.05) is 35.6 Å². The van der Waals surface area contributed by atoms with Gasteiger partial charge in [-0.15, -0.1) is 0 Å². The molecule has 1 aliphatic rings. The number of benzene rings is 1. The van der Waals surface area contributed by atoms with Crippen LogP contribution in [0, 0.1) is 5.92 Å². The molecule has 5 heteroatoms. The van der Waals surface area contributed by atoms with Gasteiger partial charge in [-0.2, -0.15) is 0 Å². The molecule has 1 heterocycles. The van der Waals surface area contributed by atoms with E-state index in [-0.39, 0.29) is 23.8 Å². The Morgan fingerprint density at radius 1 is 1.29 bits per heavy atom. The number of nitrogens with zero attached hydrogens (tertiary/aromatic N) is 1. The fourth-order valence-electron chi connectivity index (χ4n) is 2.51. The summed E-state index contributed by atoms with van der Waals surface area (Å²) < 4.78 is 0. The molecule has 0 unspecified atom stereocenters. The number of carbonyl (C=O) groups excluding carboxylic acids is 2. The van der Waals surface area contributed by atoms with Crippen LogP contribution in [0.1, 0.15) is 37.0 Å². The number of carbonyl (C=O) groups is 2. The van der Waals surface area contributed by atoms with Crippen molar-refractivity contribution in [3.63, 3.8) is 0 Å². The highest BCUT2D eigenvalue weighted by molar-refractivity contribution is 6.30. The Morgan fingerprint density at radius 2 is 1.95 bits per heavy atom. The van der Waals surface area contributed by atoms with Crippen LogP contribution in [0.4, 0.5) is 0 Å². The summed E-state index contributed by atoms with van der Waals surface area (Å²) in [5, 5.41) is 3.57. The summed E-state index contributed by atoms with van der Waals surface area (Å²) in [5.41, 5.74) is 0.572. The minimum absolute atomic E-state index is 0.0302. The molecule has 4 nitrogen and oxygen atoms in total. The molecular weight excluding hydrogens is 288 g/mol. The number of halogens is 1. The van der Waals surface area contributed by atoms with Gasteiger partial charge in [0.25, 0.3) is 5.91 Å². The van der Waals surface area contributed by atoms with Gasteiger partial charge in [-0.1, -0.05) is 31.5 Å². The number of hydrogen-bond acceptors (Lipinski definition) is 2. The Labute approximate surface area is 130 Å². The van der Waals surface area contributed by atoms with Gasteiger partial charge in [-0.05, 0) is 31.0 Å². The molecule has 21 heavy (non-hydrogen) atoms. The Bertz CT molecular complexity index is 523. The van der Waals surface area contributed by atoms with E-state index in [1.807, 2.05) is 18.7 Å². The molecule has 1 N–H and O–H groups in total. The van der Waals surface area contributed by atoms with Crippen LogP contribution in [0.3, 0.4) is 0 Å². The summed E-state index contributed by atoms with van der Waals surface area (Å²) >= 11 is 5.89. The summed E-state index contributed by atoms with van der Waals surface area (Å²) in [6.07, 6.45) is 1.59. The number of amides is 2. The lowest BCUT2D eigenvalue weighted by molar-refractivity contribution is -0.135. The quantitative estimate of drug-likeness (QED) is 0.933. The molecule has 0 spiro atoms. The van der Waals surface area contributed by atoms with Crippen molar-refractivity contribution >= 4 is 23.4 Å². The van der Waals surface area contributed by atoms with Crippen molar-refractivity contribution in [2.45, 2.75) is 32.7 Å². The van der Waals surface area contributed by atoms with Crippen LogP contribution in [-0.2, 0) is 4.79 Å². The highest BCUT2D eigenvalue weighted by atomic mass is 35.5. The van der Waals surface area contributed by atoms with Crippen molar-refractivity contribution in [1.82, 2.24) is 10.2 Å². The molecule has 0 radical (unpaired) electrons. The first kappa shape index (κ1) is 15.8. The van der Waals surface area contributed by atoms with E-state index in [1.54, 1.807) is 24.3 Å². The second kappa shape index (κ2) is 6.94. The van der Waals surface area contributed by atoms with E-state index in [0.717, 1.165) is 12.8 Å². The Kier molecular flexibility index (Phi) is 5.23. The lowest BCUT2D eigenvalue weighted by Gasteiger charge is -2.33. The third-order valence-electron chi connectivity index (χ3n) is 3.72. The van der Waals surface area contributed by atoms with Gasteiger partial charge in [0.15, 0.2) is 0 Å². The van der Waals surface area contributed by atoms with Crippen LogP contribution < -0.4 is 5.32 Å². The van der Waals surface area contributed by atoms with E-state index in [9.17, 15) is 9.59 Å². The molecule has 1 fully saturated rings. The number of piperidine rings is 1. The SMILES string of the molecule is CC(C)C(=O)N1CCC(NC(=O)c2cccc(Cl)c2)CC1. The van der Waals surface area contributed by atoms with E-state index < -0.39 is 0 Å². The van der Waals surface area contributed by atoms with Crippen molar-refractivity contribution in [1.29, 1.82) is 0 Å². The standard InChI is InChI=1S/C16H21ClN2O2/c1-11(2)16(21)19-8-6-14(7-9-19)18-15(20)12-4-3-5-13(17)10-12/h3-5,10-11,14H,6-9H2,1-2H3,(H,18,20). The van der Waals surface area contributed by atoms with Gasteiger partial charge in [0.1, 0.15) is 0 Å². The van der Waals surface area contributed by atoms with E-state index in [4.69, 9.17) is 11.6 Å². The predicted octanol–water partition coefficient (Wildman–Crippen LogP) is 2.72. The summed E-state index contributed by atoms with van der Waals surface area (Å²) in [5.74, 6) is 0.114. The average molecular weight is 309 g/mol. The molecule has 0 atom stereocenters. The van der Waals surface area contributed by atoms with Crippen LogP contribution in [-0.4, -0.2) is 35.8 Å². The topological polar surface area (TPSA) is 49.4 Å². The molecule has 0 bridgehead atoms. The molecule has 1 aliphatic heterocycles. The number of rotatable bonds is 3. The van der Waals surface area contributed by atoms with E-state index in [1.165, 1.54) is 0 Å². The van der Waals surface area contributed by atoms with Crippen LogP contribution >= 0.6 is 11.6 Å². The minimum Gasteiger partial charge on any atom is -0.349 e. The van der Waals surface area contributed by atoms with Gasteiger partial charge in [0.2, 0.25) is 5.91 Å². The zero-order valence-electron chi connectivity index (χ0n) is 12.4. The van der Waals surface area contributed by atoms with E-state index in [2.05, 4.69) is 5.32 Å². The zero-order chi connectivity index (χ0) is 15.4. The Hall–Kier alpha value is -1.55. The third kappa shape index (κ3) is 4.21. The van der Waals surface area contributed by atoms with Crippen molar-refractivity contribution in [2.75, 3.05) is 13.1 Å². The van der Waals surface area contributed by atoms with Gasteiger partial charge < -0.3 is 10.2 Å². The third-order valence-corrected chi connectivity index (χ3v) is 3.96. The predicted molar refractivity (Wildman–Crippen MR) is 83.4 cm³/mol. The van der Waals surface area contributed by atoms with Gasteiger partial charge in [0.05, 0.1) is 0 Å². The highest BCUT2D eigenvalue weighted by Crippen LogP contribution is 2.15. The fraction of sp³-hybridized carbons (Fsp3) is 0.500. The normalized spacial score (nSPS) is 16.1. The van der Waals surface area contributed by atoms with Gasteiger partial charge in [-0.3, -0.25) is 9.59 Å². The van der Waals surface area contributed by atoms with Crippen LogP contribution in [0.15, 0.2) is 24.3 Å². The first-order chi connectivity index (χ1) is 9.97. The van der Waals surface area contributed by atoms with Crippen LogP contribution in [0.25, 0.3) is 0 Å². The lowest BCUT2D eigenvalue weighted by Crippen LogP contribution is -2.47. The van der Waals surface area contributed by atoms with Crippen LogP contribution in [0.5, 0.6) is 0 Å². The number of likely N-dealkylation sites (tertiary alicyclic amines) is 1. The molecule has 2 amide bonds. The largest absolute Gasteiger partial charge is 0.349 e. The van der Waals surface area contributed by atoms with Crippen LogP contribution in [0.2, 0.25) is 5.02 Å². The minimum atomic E-state index is -0.105.